The minimum absolute atomic E-state index is 0.0620. The molecule has 0 saturated heterocycles. The van der Waals surface area contributed by atoms with Crippen molar-refractivity contribution in [3.8, 4) is 0 Å². The van der Waals surface area contributed by atoms with Gasteiger partial charge in [-0.25, -0.2) is 23.1 Å². The Labute approximate surface area is 136 Å². The number of aromatic nitrogens is 3. The van der Waals surface area contributed by atoms with Gasteiger partial charge < -0.3 is 15.0 Å². The number of fused-ring (bicyclic) bond motifs is 1. The van der Waals surface area contributed by atoms with E-state index in [9.17, 15) is 8.42 Å². The molecule has 2 aromatic rings. The molecule has 23 heavy (non-hydrogen) atoms. The van der Waals surface area contributed by atoms with Crippen LogP contribution in [0.3, 0.4) is 0 Å². The van der Waals surface area contributed by atoms with Gasteiger partial charge in [0.15, 0.2) is 5.82 Å². The Hall–Kier alpha value is -1.71. The SMILES string of the molecule is CNS(=O)(=O)CCCn1c(CCOC)nc2c(N)ncc(C)c21. The van der Waals surface area contributed by atoms with E-state index in [4.69, 9.17) is 10.5 Å². The Balaban J connectivity index is 2.36. The predicted octanol–water partition coefficient (Wildman–Crippen LogP) is 0.450. The Bertz CT molecular complexity index is 785. The molecule has 2 aromatic heterocycles. The molecule has 0 bridgehead atoms. The molecule has 128 valence electrons. The average molecular weight is 341 g/mol. The lowest BCUT2D eigenvalue weighted by Gasteiger charge is -2.10. The van der Waals surface area contributed by atoms with E-state index in [1.807, 2.05) is 11.5 Å². The number of aryl methyl sites for hydroxylation is 2. The van der Waals surface area contributed by atoms with Gasteiger partial charge in [0.25, 0.3) is 0 Å². The largest absolute Gasteiger partial charge is 0.384 e. The lowest BCUT2D eigenvalue weighted by atomic mass is 10.2. The number of nitrogens with zero attached hydrogens (tertiary/aromatic N) is 3. The molecule has 2 rings (SSSR count). The second-order valence-electron chi connectivity index (χ2n) is 5.32. The molecule has 3 N–H and O–H groups in total. The van der Waals surface area contributed by atoms with Crippen molar-refractivity contribution < 1.29 is 13.2 Å². The van der Waals surface area contributed by atoms with Gasteiger partial charge >= 0.3 is 0 Å². The van der Waals surface area contributed by atoms with Crippen LogP contribution in [-0.2, 0) is 27.7 Å². The normalized spacial score (nSPS) is 12.1. The number of imidazole rings is 1. The molecule has 2 heterocycles. The van der Waals surface area contributed by atoms with E-state index in [1.54, 1.807) is 13.3 Å². The van der Waals surface area contributed by atoms with Gasteiger partial charge in [0.2, 0.25) is 10.0 Å². The molecule has 0 fully saturated rings. The Kier molecular flexibility index (Phi) is 5.55. The van der Waals surface area contributed by atoms with Gasteiger partial charge in [0.05, 0.1) is 17.9 Å². The zero-order chi connectivity index (χ0) is 17.0. The number of nitrogens with one attached hydrogen (secondary N) is 1. The molecule has 0 amide bonds. The van der Waals surface area contributed by atoms with E-state index in [1.165, 1.54) is 7.05 Å². The maximum Gasteiger partial charge on any atom is 0.211 e. The Morgan fingerprint density at radius 2 is 2.17 bits per heavy atom. The molecule has 0 unspecified atom stereocenters. The number of methoxy groups -OCH3 is 1. The highest BCUT2D eigenvalue weighted by atomic mass is 32.2. The van der Waals surface area contributed by atoms with Crippen LogP contribution < -0.4 is 10.5 Å². The van der Waals surface area contributed by atoms with Gasteiger partial charge in [-0.05, 0) is 26.0 Å². The average Bonchev–Trinajstić information content (AvgIpc) is 2.89. The van der Waals surface area contributed by atoms with Gasteiger partial charge in [0.1, 0.15) is 11.3 Å². The van der Waals surface area contributed by atoms with E-state index in [2.05, 4.69) is 14.7 Å². The summed E-state index contributed by atoms with van der Waals surface area (Å²) in [5.41, 5.74) is 8.46. The van der Waals surface area contributed by atoms with Crippen LogP contribution >= 0.6 is 0 Å². The van der Waals surface area contributed by atoms with Crippen molar-refractivity contribution in [2.75, 3.05) is 32.3 Å². The van der Waals surface area contributed by atoms with Gasteiger partial charge in [-0.1, -0.05) is 0 Å². The maximum atomic E-state index is 11.6. The summed E-state index contributed by atoms with van der Waals surface area (Å²) >= 11 is 0. The summed E-state index contributed by atoms with van der Waals surface area (Å²) in [5, 5.41) is 0. The molecule has 0 radical (unpaired) electrons. The summed E-state index contributed by atoms with van der Waals surface area (Å²) in [6.07, 6.45) is 2.82. The summed E-state index contributed by atoms with van der Waals surface area (Å²) < 4.78 is 32.6. The first-order chi connectivity index (χ1) is 10.9. The number of pyridine rings is 1. The molecule has 0 aromatic carbocycles. The van der Waals surface area contributed by atoms with Crippen molar-refractivity contribution >= 4 is 26.9 Å². The lowest BCUT2D eigenvalue weighted by molar-refractivity contribution is 0.199. The van der Waals surface area contributed by atoms with E-state index in [-0.39, 0.29) is 5.75 Å². The topological polar surface area (TPSA) is 112 Å². The number of rotatable bonds is 8. The molecule has 0 atom stereocenters. The van der Waals surface area contributed by atoms with Gasteiger partial charge in [-0.2, -0.15) is 0 Å². The third-order valence-corrected chi connectivity index (χ3v) is 5.14. The zero-order valence-corrected chi connectivity index (χ0v) is 14.5. The second kappa shape index (κ2) is 7.24. The summed E-state index contributed by atoms with van der Waals surface area (Å²) in [5.74, 6) is 1.27. The quantitative estimate of drug-likeness (QED) is 0.721. The van der Waals surface area contributed by atoms with Gasteiger partial charge in [-0.3, -0.25) is 0 Å². The molecule has 8 nitrogen and oxygen atoms in total. The van der Waals surface area contributed by atoms with Crippen molar-refractivity contribution in [1.29, 1.82) is 0 Å². The number of ether oxygens (including phenoxy) is 1. The molecule has 0 spiro atoms. The molecule has 9 heteroatoms. The minimum Gasteiger partial charge on any atom is -0.384 e. The molecule has 0 saturated carbocycles. The third-order valence-electron chi connectivity index (χ3n) is 3.70. The summed E-state index contributed by atoms with van der Waals surface area (Å²) in [6, 6.07) is 0. The number of hydrogen-bond donors (Lipinski definition) is 2. The van der Waals surface area contributed by atoms with Crippen molar-refractivity contribution in [2.45, 2.75) is 26.3 Å². The molecule has 0 aliphatic carbocycles. The lowest BCUT2D eigenvalue weighted by Crippen LogP contribution is -2.23. The standard InChI is InChI=1S/C14H23N5O3S/c1-10-9-17-14(15)12-13(10)19(11(18-12)5-7-22-3)6-4-8-23(20,21)16-2/h9,16H,4-8H2,1-3H3,(H2,15,17). The van der Waals surface area contributed by atoms with E-state index in [0.717, 1.165) is 16.9 Å². The number of sulfonamides is 1. The summed E-state index contributed by atoms with van der Waals surface area (Å²) in [4.78, 5) is 8.72. The summed E-state index contributed by atoms with van der Waals surface area (Å²) in [6.45, 7) is 3.02. The highest BCUT2D eigenvalue weighted by molar-refractivity contribution is 7.89. The molecule has 0 aliphatic rings. The monoisotopic (exact) mass is 341 g/mol. The first-order valence-electron chi connectivity index (χ1n) is 7.40. The summed E-state index contributed by atoms with van der Waals surface area (Å²) in [7, 11) is -0.168. The predicted molar refractivity (Wildman–Crippen MR) is 89.7 cm³/mol. The fourth-order valence-corrected chi connectivity index (χ4v) is 3.22. The van der Waals surface area contributed by atoms with Crippen LogP contribution in [0.15, 0.2) is 6.20 Å². The van der Waals surface area contributed by atoms with E-state index in [0.29, 0.717) is 37.3 Å². The third kappa shape index (κ3) is 3.98. The number of hydrogen-bond acceptors (Lipinski definition) is 6. The van der Waals surface area contributed by atoms with Crippen molar-refractivity contribution in [3.05, 3.63) is 17.6 Å². The Morgan fingerprint density at radius 3 is 2.83 bits per heavy atom. The number of anilines is 1. The van der Waals surface area contributed by atoms with Crippen molar-refractivity contribution in [2.24, 2.45) is 0 Å². The Morgan fingerprint density at radius 1 is 1.43 bits per heavy atom. The highest BCUT2D eigenvalue weighted by Crippen LogP contribution is 2.24. The first kappa shape index (κ1) is 17.6. The highest BCUT2D eigenvalue weighted by Gasteiger charge is 2.16. The zero-order valence-electron chi connectivity index (χ0n) is 13.7. The van der Waals surface area contributed by atoms with Crippen LogP contribution in [-0.4, -0.2) is 49.5 Å². The van der Waals surface area contributed by atoms with Gasteiger partial charge in [0, 0.05) is 26.3 Å². The maximum absolute atomic E-state index is 11.6. The van der Waals surface area contributed by atoms with Crippen LogP contribution in [0.4, 0.5) is 5.82 Å². The second-order valence-corrected chi connectivity index (χ2v) is 7.37. The number of nitrogens with two attached hydrogens (primary N) is 1. The minimum atomic E-state index is -3.22. The van der Waals surface area contributed by atoms with Crippen molar-refractivity contribution in [1.82, 2.24) is 19.3 Å². The smallest absolute Gasteiger partial charge is 0.211 e. The van der Waals surface area contributed by atoms with Crippen LogP contribution in [0.25, 0.3) is 11.0 Å². The fourth-order valence-electron chi connectivity index (χ4n) is 2.51. The van der Waals surface area contributed by atoms with Crippen molar-refractivity contribution in [3.63, 3.8) is 0 Å². The molecular weight excluding hydrogens is 318 g/mol. The molecule has 0 aliphatic heterocycles. The number of nitrogen functional groups attached to an aromatic ring is 1. The van der Waals surface area contributed by atoms with Gasteiger partial charge in [-0.15, -0.1) is 0 Å². The van der Waals surface area contributed by atoms with Crippen LogP contribution in [0.2, 0.25) is 0 Å². The van der Waals surface area contributed by atoms with E-state index < -0.39 is 10.0 Å². The van der Waals surface area contributed by atoms with Crippen LogP contribution in [0, 0.1) is 6.92 Å². The van der Waals surface area contributed by atoms with Crippen LogP contribution in [0.5, 0.6) is 0 Å². The van der Waals surface area contributed by atoms with Crippen LogP contribution in [0.1, 0.15) is 17.8 Å². The molecular formula is C14H23N5O3S. The van der Waals surface area contributed by atoms with E-state index >= 15 is 0 Å². The first-order valence-corrected chi connectivity index (χ1v) is 9.05. The fraction of sp³-hybridized carbons (Fsp3) is 0.571.